The Labute approximate surface area is 163 Å². The number of urea groups is 1. The second-order valence-corrected chi connectivity index (χ2v) is 7.59. The van der Waals surface area contributed by atoms with Crippen LogP contribution in [0.25, 0.3) is 5.69 Å². The van der Waals surface area contributed by atoms with E-state index in [1.807, 2.05) is 6.92 Å². The van der Waals surface area contributed by atoms with Gasteiger partial charge >= 0.3 is 18.2 Å². The summed E-state index contributed by atoms with van der Waals surface area (Å²) in [6.45, 7) is 1.94. The number of amides is 2. The molecule has 29 heavy (non-hydrogen) atoms. The summed E-state index contributed by atoms with van der Waals surface area (Å²) in [5.41, 5.74) is -2.46. The molecule has 2 bridgehead atoms. The molecular formula is C18H18F3N5O3. The van der Waals surface area contributed by atoms with Gasteiger partial charge in [-0.2, -0.15) is 28.2 Å². The monoisotopic (exact) mass is 409 g/mol. The molecule has 1 saturated carbocycles. The quantitative estimate of drug-likeness (QED) is 0.811. The molecule has 8 nitrogen and oxygen atoms in total. The van der Waals surface area contributed by atoms with Gasteiger partial charge in [0, 0.05) is 18.2 Å². The fourth-order valence-electron chi connectivity index (χ4n) is 4.49. The van der Waals surface area contributed by atoms with Gasteiger partial charge in [-0.1, -0.05) is 6.92 Å². The molecule has 2 saturated heterocycles. The van der Waals surface area contributed by atoms with Crippen LogP contribution >= 0.6 is 0 Å². The van der Waals surface area contributed by atoms with E-state index in [-0.39, 0.29) is 23.3 Å². The molecule has 1 aromatic heterocycles. The van der Waals surface area contributed by atoms with Gasteiger partial charge in [0.05, 0.1) is 23.6 Å². The van der Waals surface area contributed by atoms with Crippen molar-refractivity contribution in [2.75, 3.05) is 5.32 Å². The second kappa shape index (κ2) is 6.46. The average Bonchev–Trinajstić information content (AvgIpc) is 3.14. The molecule has 3 atom stereocenters. The number of carbonyl (C=O) groups excluding carboxylic acids is 1. The van der Waals surface area contributed by atoms with Crippen LogP contribution in [0.2, 0.25) is 0 Å². The predicted molar refractivity (Wildman–Crippen MR) is 94.4 cm³/mol. The van der Waals surface area contributed by atoms with E-state index in [4.69, 9.17) is 0 Å². The van der Waals surface area contributed by atoms with Crippen LogP contribution in [0.1, 0.15) is 31.7 Å². The number of nitrogens with zero attached hydrogens (tertiary/aromatic N) is 4. The first kappa shape index (κ1) is 19.2. The lowest BCUT2D eigenvalue weighted by Gasteiger charge is -2.60. The topological polar surface area (TPSA) is 100 Å². The van der Waals surface area contributed by atoms with Crippen molar-refractivity contribution >= 4 is 17.7 Å². The maximum absolute atomic E-state index is 13.3. The van der Waals surface area contributed by atoms with Crippen molar-refractivity contribution in [3.8, 4) is 5.69 Å². The van der Waals surface area contributed by atoms with Crippen LogP contribution in [-0.4, -0.2) is 48.6 Å². The van der Waals surface area contributed by atoms with Gasteiger partial charge in [0.2, 0.25) is 0 Å². The Kier molecular flexibility index (Phi) is 4.28. The Bertz CT molecular complexity index is 962. The van der Waals surface area contributed by atoms with Gasteiger partial charge < -0.3 is 15.3 Å². The summed E-state index contributed by atoms with van der Waals surface area (Å²) in [4.78, 5) is 26.7. The third-order valence-corrected chi connectivity index (χ3v) is 5.57. The number of carbonyl (C=O) groups is 2. The van der Waals surface area contributed by atoms with E-state index in [1.165, 1.54) is 17.3 Å². The Morgan fingerprint density at radius 1 is 1.24 bits per heavy atom. The molecule has 0 radical (unpaired) electrons. The molecule has 154 valence electrons. The van der Waals surface area contributed by atoms with Gasteiger partial charge in [-0.05, 0) is 37.0 Å². The lowest BCUT2D eigenvalue weighted by Crippen LogP contribution is -2.75. The minimum Gasteiger partial charge on any atom is -0.479 e. The lowest BCUT2D eigenvalue weighted by molar-refractivity contribution is -0.173. The molecule has 11 heteroatoms. The number of hydrogen-bond acceptors (Lipinski definition) is 4. The zero-order chi connectivity index (χ0) is 21.0. The van der Waals surface area contributed by atoms with Gasteiger partial charge in [-0.15, -0.1) is 0 Å². The number of nitrogens with one attached hydrogen (secondary N) is 1. The van der Waals surface area contributed by atoms with Crippen LogP contribution in [0.15, 0.2) is 30.6 Å². The van der Waals surface area contributed by atoms with Crippen LogP contribution < -0.4 is 5.32 Å². The lowest BCUT2D eigenvalue weighted by atomic mass is 9.64. The third-order valence-electron chi connectivity index (χ3n) is 5.57. The van der Waals surface area contributed by atoms with E-state index in [0.717, 1.165) is 23.0 Å². The average molecular weight is 409 g/mol. The summed E-state index contributed by atoms with van der Waals surface area (Å²) in [6, 6.07) is 2.23. The van der Waals surface area contributed by atoms with Crippen molar-refractivity contribution in [1.29, 1.82) is 0 Å². The molecule has 3 fully saturated rings. The minimum atomic E-state index is -4.64. The zero-order valence-electron chi connectivity index (χ0n) is 15.3. The molecule has 2 aromatic rings. The van der Waals surface area contributed by atoms with Crippen LogP contribution in [-0.2, 0) is 11.0 Å². The van der Waals surface area contributed by atoms with E-state index in [2.05, 4.69) is 15.5 Å². The summed E-state index contributed by atoms with van der Waals surface area (Å²) in [5.74, 6) is -0.887. The standard InChI is InChI=1S/C18H18F3N5O3/c1-10-6-12-9-17(8-10,15(27)28)25(12)16(29)24-11-2-3-13(18(19,20)21)14(7-11)26-22-4-5-23-26/h2-5,7,10,12H,6,8-9H2,1H3,(H,24,29)(H,27,28). The number of benzene rings is 1. The highest BCUT2D eigenvalue weighted by molar-refractivity contribution is 5.96. The van der Waals surface area contributed by atoms with Crippen LogP contribution in [0.3, 0.4) is 0 Å². The number of hydrogen-bond donors (Lipinski definition) is 2. The number of piperidine rings is 1. The number of alkyl halides is 3. The van der Waals surface area contributed by atoms with E-state index < -0.39 is 29.3 Å². The first-order valence-electron chi connectivity index (χ1n) is 9.03. The molecule has 1 aromatic carbocycles. The van der Waals surface area contributed by atoms with Crippen molar-refractivity contribution in [3.63, 3.8) is 0 Å². The molecule has 3 heterocycles. The maximum Gasteiger partial charge on any atom is 0.418 e. The highest BCUT2D eigenvalue weighted by Gasteiger charge is 2.63. The van der Waals surface area contributed by atoms with Crippen molar-refractivity contribution < 1.29 is 27.9 Å². The third kappa shape index (κ3) is 3.10. The Morgan fingerprint density at radius 2 is 1.93 bits per heavy atom. The fourth-order valence-corrected chi connectivity index (χ4v) is 4.49. The molecule has 3 aliphatic rings. The maximum atomic E-state index is 13.3. The number of carboxylic acid groups (broad SMARTS) is 1. The first-order chi connectivity index (χ1) is 13.6. The predicted octanol–water partition coefficient (Wildman–Crippen LogP) is 3.15. The molecule has 3 unspecified atom stereocenters. The van der Waals surface area contributed by atoms with E-state index in [1.54, 1.807) is 0 Å². The zero-order valence-corrected chi connectivity index (χ0v) is 15.3. The van der Waals surface area contributed by atoms with Gasteiger partial charge in [-0.25, -0.2) is 9.59 Å². The molecule has 2 aliphatic heterocycles. The van der Waals surface area contributed by atoms with Crippen molar-refractivity contribution in [2.24, 2.45) is 5.92 Å². The molecule has 2 N–H and O–H groups in total. The van der Waals surface area contributed by atoms with Gasteiger partial charge in [0.15, 0.2) is 0 Å². The summed E-state index contributed by atoms with van der Waals surface area (Å²) >= 11 is 0. The van der Waals surface area contributed by atoms with Crippen molar-refractivity contribution in [2.45, 2.75) is 43.9 Å². The normalized spacial score (nSPS) is 26.0. The Balaban J connectivity index is 1.63. The molecule has 5 rings (SSSR count). The first-order valence-corrected chi connectivity index (χ1v) is 9.03. The Morgan fingerprint density at radius 3 is 2.55 bits per heavy atom. The number of aliphatic carboxylic acids is 1. The van der Waals surface area contributed by atoms with Crippen molar-refractivity contribution in [3.05, 3.63) is 36.2 Å². The number of rotatable bonds is 3. The summed E-state index contributed by atoms with van der Waals surface area (Å²) < 4.78 is 40.0. The number of halogens is 3. The van der Waals surface area contributed by atoms with Crippen LogP contribution in [0.5, 0.6) is 0 Å². The highest BCUT2D eigenvalue weighted by Crippen LogP contribution is 2.50. The van der Waals surface area contributed by atoms with Crippen LogP contribution in [0.4, 0.5) is 23.7 Å². The largest absolute Gasteiger partial charge is 0.479 e. The molecular weight excluding hydrogens is 391 g/mol. The highest BCUT2D eigenvalue weighted by atomic mass is 19.4. The molecule has 2 amide bonds. The fraction of sp³-hybridized carbons (Fsp3) is 0.444. The second-order valence-electron chi connectivity index (χ2n) is 7.59. The van der Waals surface area contributed by atoms with Crippen molar-refractivity contribution in [1.82, 2.24) is 19.9 Å². The Hall–Kier alpha value is -3.11. The van der Waals surface area contributed by atoms with E-state index >= 15 is 0 Å². The molecule has 1 aliphatic carbocycles. The summed E-state index contributed by atoms with van der Waals surface area (Å²) in [7, 11) is 0. The van der Waals surface area contributed by atoms with Gasteiger partial charge in [-0.3, -0.25) is 0 Å². The summed E-state index contributed by atoms with van der Waals surface area (Å²) in [5, 5.41) is 19.7. The number of carboxylic acids is 1. The van der Waals surface area contributed by atoms with Gasteiger partial charge in [0.25, 0.3) is 0 Å². The number of aromatic nitrogens is 3. The molecule has 0 spiro atoms. The number of anilines is 1. The van der Waals surface area contributed by atoms with E-state index in [0.29, 0.717) is 19.3 Å². The number of fused-ring (bicyclic) bond motifs is 2. The summed E-state index contributed by atoms with van der Waals surface area (Å²) in [6.07, 6.45) is -0.729. The van der Waals surface area contributed by atoms with Gasteiger partial charge in [0.1, 0.15) is 5.54 Å². The minimum absolute atomic E-state index is 0.0915. The van der Waals surface area contributed by atoms with E-state index in [9.17, 15) is 27.9 Å². The van der Waals surface area contributed by atoms with Crippen LogP contribution in [0, 0.1) is 5.92 Å². The SMILES string of the molecule is CC1CC2CC(C(=O)O)(C1)N2C(=O)Nc1ccc(C(F)(F)F)c(-n2nccn2)c1. The smallest absolute Gasteiger partial charge is 0.418 e.